The lowest BCUT2D eigenvalue weighted by atomic mass is 10.3. The summed E-state index contributed by atoms with van der Waals surface area (Å²) >= 11 is 1.77. The van der Waals surface area contributed by atoms with Crippen molar-refractivity contribution in [3.05, 3.63) is 34.3 Å². The number of anilines is 1. The summed E-state index contributed by atoms with van der Waals surface area (Å²) in [5.74, 6) is 0. The third kappa shape index (κ3) is 3.41. The zero-order valence-electron chi connectivity index (χ0n) is 12.0. The largest absolute Gasteiger partial charge is 0.432 e. The lowest BCUT2D eigenvalue weighted by Gasteiger charge is -2.24. The standard InChI is InChI=1S/C15H21N3OS/c1-11(2)18(9-14-4-3-7-20-14)15-17-13(10-19-15)8-16-12-5-6-12/h3-4,7,10-12,16H,5-6,8-9H2,1-2H3. The van der Waals surface area contributed by atoms with Crippen molar-refractivity contribution in [3.63, 3.8) is 0 Å². The van der Waals surface area contributed by atoms with Crippen LogP contribution in [-0.4, -0.2) is 17.1 Å². The minimum atomic E-state index is 0.361. The molecule has 2 aromatic rings. The van der Waals surface area contributed by atoms with Crippen molar-refractivity contribution in [3.8, 4) is 0 Å². The van der Waals surface area contributed by atoms with Crippen molar-refractivity contribution in [2.45, 2.75) is 51.9 Å². The molecule has 1 N–H and O–H groups in total. The van der Waals surface area contributed by atoms with Gasteiger partial charge in [-0.05, 0) is 38.1 Å². The monoisotopic (exact) mass is 291 g/mol. The second-order valence-electron chi connectivity index (χ2n) is 5.58. The minimum absolute atomic E-state index is 0.361. The molecule has 5 heteroatoms. The zero-order valence-corrected chi connectivity index (χ0v) is 12.8. The highest BCUT2D eigenvalue weighted by Crippen LogP contribution is 2.23. The van der Waals surface area contributed by atoms with Crippen LogP contribution in [0.15, 0.2) is 28.2 Å². The van der Waals surface area contributed by atoms with Gasteiger partial charge in [0, 0.05) is 23.5 Å². The number of hydrogen-bond acceptors (Lipinski definition) is 5. The summed E-state index contributed by atoms with van der Waals surface area (Å²) < 4.78 is 5.67. The number of hydrogen-bond donors (Lipinski definition) is 1. The third-order valence-corrected chi connectivity index (χ3v) is 4.33. The molecule has 1 fully saturated rings. The van der Waals surface area contributed by atoms with Gasteiger partial charge in [-0.1, -0.05) is 6.07 Å². The minimum Gasteiger partial charge on any atom is -0.432 e. The molecule has 0 aliphatic heterocycles. The number of aromatic nitrogens is 1. The third-order valence-electron chi connectivity index (χ3n) is 3.46. The van der Waals surface area contributed by atoms with Gasteiger partial charge in [0.05, 0.1) is 12.2 Å². The first-order valence-electron chi connectivity index (χ1n) is 7.19. The Morgan fingerprint density at radius 2 is 2.35 bits per heavy atom. The molecule has 2 heterocycles. The van der Waals surface area contributed by atoms with Crippen LogP contribution in [0.25, 0.3) is 0 Å². The number of rotatable bonds is 7. The normalized spacial score (nSPS) is 14.9. The summed E-state index contributed by atoms with van der Waals surface area (Å²) in [6, 6.07) is 6.01. The molecule has 4 nitrogen and oxygen atoms in total. The Hall–Kier alpha value is -1.33. The summed E-state index contributed by atoms with van der Waals surface area (Å²) in [5, 5.41) is 5.57. The van der Waals surface area contributed by atoms with Crippen LogP contribution < -0.4 is 10.2 Å². The Balaban J connectivity index is 1.66. The molecular formula is C15H21N3OS. The highest BCUT2D eigenvalue weighted by atomic mass is 32.1. The molecule has 1 saturated carbocycles. The molecule has 0 unspecified atom stereocenters. The van der Waals surface area contributed by atoms with Gasteiger partial charge < -0.3 is 14.6 Å². The fraction of sp³-hybridized carbons (Fsp3) is 0.533. The average Bonchev–Trinajstić information content (AvgIpc) is 2.91. The summed E-state index contributed by atoms with van der Waals surface area (Å²) in [4.78, 5) is 8.14. The van der Waals surface area contributed by atoms with Crippen LogP contribution in [0.3, 0.4) is 0 Å². The predicted molar refractivity (Wildman–Crippen MR) is 82.0 cm³/mol. The van der Waals surface area contributed by atoms with Crippen molar-refractivity contribution in [1.82, 2.24) is 10.3 Å². The van der Waals surface area contributed by atoms with Crippen LogP contribution in [0.2, 0.25) is 0 Å². The van der Waals surface area contributed by atoms with Crippen LogP contribution in [-0.2, 0) is 13.1 Å². The first-order chi connectivity index (χ1) is 9.72. The number of thiophene rings is 1. The first kappa shape index (κ1) is 13.6. The number of nitrogens with zero attached hydrogens (tertiary/aromatic N) is 2. The van der Waals surface area contributed by atoms with Crippen LogP contribution in [0, 0.1) is 0 Å². The Morgan fingerprint density at radius 1 is 1.50 bits per heavy atom. The summed E-state index contributed by atoms with van der Waals surface area (Å²) in [7, 11) is 0. The van der Waals surface area contributed by atoms with Crippen LogP contribution in [0.4, 0.5) is 6.01 Å². The maximum absolute atomic E-state index is 5.67. The van der Waals surface area contributed by atoms with Crippen molar-refractivity contribution < 1.29 is 4.42 Å². The van der Waals surface area contributed by atoms with E-state index in [9.17, 15) is 0 Å². The molecule has 0 saturated heterocycles. The van der Waals surface area contributed by atoms with Gasteiger partial charge in [0.25, 0.3) is 6.01 Å². The molecule has 0 amide bonds. The fourth-order valence-corrected chi connectivity index (χ4v) is 2.79. The van der Waals surface area contributed by atoms with Gasteiger partial charge in [0.2, 0.25) is 0 Å². The Bertz CT molecular complexity index is 531. The lowest BCUT2D eigenvalue weighted by Crippen LogP contribution is -2.30. The fourth-order valence-electron chi connectivity index (χ4n) is 2.09. The molecule has 1 aliphatic rings. The molecule has 2 aromatic heterocycles. The van der Waals surface area contributed by atoms with Crippen LogP contribution >= 0.6 is 11.3 Å². The molecule has 1 aliphatic carbocycles. The van der Waals surface area contributed by atoms with Crippen molar-refractivity contribution in [2.75, 3.05) is 4.90 Å². The predicted octanol–water partition coefficient (Wildman–Crippen LogP) is 3.40. The Kier molecular flexibility index (Phi) is 4.08. The van der Waals surface area contributed by atoms with E-state index in [4.69, 9.17) is 4.42 Å². The van der Waals surface area contributed by atoms with Gasteiger partial charge in [0.1, 0.15) is 6.26 Å². The van der Waals surface area contributed by atoms with E-state index in [1.165, 1.54) is 17.7 Å². The summed E-state index contributed by atoms with van der Waals surface area (Å²) in [5.41, 5.74) is 0.990. The maximum atomic E-state index is 5.67. The second kappa shape index (κ2) is 5.97. The van der Waals surface area contributed by atoms with E-state index in [2.05, 4.69) is 46.6 Å². The maximum Gasteiger partial charge on any atom is 0.298 e. The van der Waals surface area contributed by atoms with Gasteiger partial charge in [-0.3, -0.25) is 0 Å². The molecular weight excluding hydrogens is 270 g/mol. The topological polar surface area (TPSA) is 41.3 Å². The summed E-state index contributed by atoms with van der Waals surface area (Å²) in [6.07, 6.45) is 4.36. The van der Waals surface area contributed by atoms with Crippen LogP contribution in [0.1, 0.15) is 37.3 Å². The highest BCUT2D eigenvalue weighted by Gasteiger charge is 2.21. The molecule has 0 atom stereocenters. The van der Waals surface area contributed by atoms with Crippen molar-refractivity contribution in [1.29, 1.82) is 0 Å². The SMILES string of the molecule is CC(C)N(Cc1cccs1)c1nc(CNC2CC2)co1. The molecule has 108 valence electrons. The van der Waals surface area contributed by atoms with E-state index in [1.807, 2.05) is 0 Å². The Morgan fingerprint density at radius 3 is 3.00 bits per heavy atom. The molecule has 0 spiro atoms. The zero-order chi connectivity index (χ0) is 13.9. The number of oxazole rings is 1. The molecule has 0 bridgehead atoms. The van der Waals surface area contributed by atoms with E-state index in [-0.39, 0.29) is 0 Å². The van der Waals surface area contributed by atoms with Gasteiger partial charge in [-0.25, -0.2) is 0 Å². The van der Waals surface area contributed by atoms with E-state index in [0.717, 1.165) is 24.8 Å². The second-order valence-corrected chi connectivity index (χ2v) is 6.61. The highest BCUT2D eigenvalue weighted by molar-refractivity contribution is 7.09. The van der Waals surface area contributed by atoms with Gasteiger partial charge in [-0.2, -0.15) is 4.98 Å². The van der Waals surface area contributed by atoms with Crippen molar-refractivity contribution >= 4 is 17.4 Å². The first-order valence-corrected chi connectivity index (χ1v) is 8.07. The van der Waals surface area contributed by atoms with Gasteiger partial charge in [-0.15, -0.1) is 11.3 Å². The molecule has 0 aromatic carbocycles. The van der Waals surface area contributed by atoms with E-state index >= 15 is 0 Å². The molecule has 20 heavy (non-hydrogen) atoms. The van der Waals surface area contributed by atoms with Gasteiger partial charge in [0.15, 0.2) is 0 Å². The molecule has 0 radical (unpaired) electrons. The quantitative estimate of drug-likeness (QED) is 0.849. The Labute approximate surface area is 123 Å². The van der Waals surface area contributed by atoms with E-state index in [0.29, 0.717) is 12.1 Å². The van der Waals surface area contributed by atoms with Gasteiger partial charge >= 0.3 is 0 Å². The smallest absolute Gasteiger partial charge is 0.298 e. The molecule has 3 rings (SSSR count). The average molecular weight is 291 g/mol. The summed E-state index contributed by atoms with van der Waals surface area (Å²) in [6.45, 7) is 5.99. The lowest BCUT2D eigenvalue weighted by molar-refractivity contribution is 0.510. The van der Waals surface area contributed by atoms with E-state index in [1.54, 1.807) is 17.6 Å². The van der Waals surface area contributed by atoms with Crippen LogP contribution in [0.5, 0.6) is 0 Å². The van der Waals surface area contributed by atoms with E-state index < -0.39 is 0 Å². The number of nitrogens with one attached hydrogen (secondary N) is 1. The van der Waals surface area contributed by atoms with Crippen molar-refractivity contribution in [2.24, 2.45) is 0 Å².